The lowest BCUT2D eigenvalue weighted by molar-refractivity contribution is -0.153. The minimum atomic E-state index is -1.43. The number of hydrogen-bond donors (Lipinski definition) is 2. The van der Waals surface area contributed by atoms with E-state index in [0.29, 0.717) is 42.5 Å². The second-order valence-corrected chi connectivity index (χ2v) is 13.6. The average molecular weight is 655 g/mol. The van der Waals surface area contributed by atoms with Crippen molar-refractivity contribution in [1.82, 2.24) is 20.5 Å². The molecule has 1 spiro atoms. The van der Waals surface area contributed by atoms with Gasteiger partial charge in [-0.1, -0.05) is 31.6 Å². The molecule has 3 heterocycles. The number of aryl methyl sites for hydroxylation is 2. The number of aromatic nitrogens is 1. The number of nitrogens with one attached hydrogen (secondary N) is 2. The van der Waals surface area contributed by atoms with Crippen molar-refractivity contribution in [2.45, 2.75) is 116 Å². The fraction of sp³-hybridized carbons (Fsp3) is 0.571. The van der Waals surface area contributed by atoms with Crippen LogP contribution in [0.15, 0.2) is 30.9 Å². The van der Waals surface area contributed by atoms with Crippen LogP contribution in [0.4, 0.5) is 9.18 Å². The van der Waals surface area contributed by atoms with Crippen molar-refractivity contribution in [1.29, 1.82) is 0 Å². The van der Waals surface area contributed by atoms with Crippen molar-refractivity contribution in [3.63, 3.8) is 0 Å². The third-order valence-corrected chi connectivity index (χ3v) is 8.57. The van der Waals surface area contributed by atoms with Gasteiger partial charge in [0.15, 0.2) is 0 Å². The largest absolute Gasteiger partial charge is 0.483 e. The molecule has 0 saturated carbocycles. The Balaban J connectivity index is 1.72. The lowest BCUT2D eigenvalue weighted by Gasteiger charge is -2.36. The summed E-state index contributed by atoms with van der Waals surface area (Å²) in [5, 5.41) is 6.18. The van der Waals surface area contributed by atoms with E-state index in [-0.39, 0.29) is 31.5 Å². The lowest BCUT2D eigenvalue weighted by atomic mass is 9.87. The molecule has 0 radical (unpaired) electrons. The zero-order chi connectivity index (χ0) is 34.7. The highest BCUT2D eigenvalue weighted by atomic mass is 19.1. The van der Waals surface area contributed by atoms with E-state index in [9.17, 15) is 23.6 Å². The van der Waals surface area contributed by atoms with Gasteiger partial charge in [-0.15, -0.1) is 6.58 Å². The van der Waals surface area contributed by atoms with Crippen LogP contribution in [-0.2, 0) is 30.3 Å². The van der Waals surface area contributed by atoms with Gasteiger partial charge in [0.2, 0.25) is 11.8 Å². The van der Waals surface area contributed by atoms with E-state index in [1.165, 1.54) is 17.0 Å². The summed E-state index contributed by atoms with van der Waals surface area (Å²) >= 11 is 0. The molecule has 0 bridgehead atoms. The maximum Gasteiger partial charge on any atom is 0.408 e. The highest BCUT2D eigenvalue weighted by Crippen LogP contribution is 2.45. The van der Waals surface area contributed by atoms with Crippen molar-refractivity contribution in [3.8, 4) is 5.75 Å². The number of carbonyl (C=O) groups excluding carboxylic acids is 4. The van der Waals surface area contributed by atoms with E-state index in [1.54, 1.807) is 53.7 Å². The lowest BCUT2D eigenvalue weighted by Crippen LogP contribution is -2.59. The summed E-state index contributed by atoms with van der Waals surface area (Å²) in [6, 6.07) is 2.78. The fourth-order valence-electron chi connectivity index (χ4n) is 6.42. The summed E-state index contributed by atoms with van der Waals surface area (Å²) in [7, 11) is 0. The Bertz CT molecular complexity index is 1560. The molecule has 2 aliphatic rings. The molecule has 1 aromatic heterocycles. The van der Waals surface area contributed by atoms with E-state index in [2.05, 4.69) is 22.2 Å². The zero-order valence-electron chi connectivity index (χ0n) is 28.5. The maximum absolute atomic E-state index is 14.7. The van der Waals surface area contributed by atoms with Crippen LogP contribution in [0.1, 0.15) is 84.9 Å². The normalized spacial score (nSPS) is 20.9. The molecule has 256 valence electrons. The van der Waals surface area contributed by atoms with Gasteiger partial charge in [-0.2, -0.15) is 0 Å². The summed E-state index contributed by atoms with van der Waals surface area (Å²) < 4.78 is 32.0. The third kappa shape index (κ3) is 7.68. The number of likely N-dealkylation sites (tertiary alicyclic amines) is 1. The number of nitrogens with zero attached hydrogens (tertiary/aromatic N) is 2. The molecule has 1 aromatic carbocycles. The summed E-state index contributed by atoms with van der Waals surface area (Å²) in [6.45, 7) is 15.9. The molecular weight excluding hydrogens is 607 g/mol. The van der Waals surface area contributed by atoms with Crippen molar-refractivity contribution in [2.75, 3.05) is 13.2 Å². The second-order valence-electron chi connectivity index (χ2n) is 13.6. The molecule has 4 rings (SSSR count). The van der Waals surface area contributed by atoms with E-state index in [4.69, 9.17) is 14.2 Å². The maximum atomic E-state index is 14.7. The Morgan fingerprint density at radius 3 is 2.60 bits per heavy atom. The number of carbonyl (C=O) groups is 4. The minimum absolute atomic E-state index is 0.0395. The molecule has 0 unspecified atom stereocenters. The smallest absolute Gasteiger partial charge is 0.408 e. The van der Waals surface area contributed by atoms with E-state index < -0.39 is 58.5 Å². The van der Waals surface area contributed by atoms with Gasteiger partial charge in [-0.25, -0.2) is 19.0 Å². The molecule has 2 N–H and O–H groups in total. The molecule has 3 amide bonds. The van der Waals surface area contributed by atoms with E-state index in [1.807, 2.05) is 6.92 Å². The Morgan fingerprint density at radius 1 is 1.23 bits per heavy atom. The van der Waals surface area contributed by atoms with Gasteiger partial charge in [-0.05, 0) is 73.3 Å². The van der Waals surface area contributed by atoms with Crippen molar-refractivity contribution >= 4 is 34.8 Å². The number of fused-ring (bicyclic) bond motifs is 3. The average Bonchev–Trinajstić information content (AvgIpc) is 3.35. The van der Waals surface area contributed by atoms with Gasteiger partial charge < -0.3 is 29.7 Å². The van der Waals surface area contributed by atoms with Gasteiger partial charge >= 0.3 is 12.1 Å². The summed E-state index contributed by atoms with van der Waals surface area (Å²) in [4.78, 5) is 60.1. The Labute approximate surface area is 275 Å². The highest BCUT2D eigenvalue weighted by Gasteiger charge is 2.54. The van der Waals surface area contributed by atoms with Crippen LogP contribution in [-0.4, -0.2) is 75.7 Å². The van der Waals surface area contributed by atoms with E-state index >= 15 is 0 Å². The molecule has 11 nitrogen and oxygen atoms in total. The Morgan fingerprint density at radius 2 is 1.96 bits per heavy atom. The summed E-state index contributed by atoms with van der Waals surface area (Å²) in [6.07, 6.45) is 2.79. The van der Waals surface area contributed by atoms with Crippen LogP contribution in [0.2, 0.25) is 0 Å². The minimum Gasteiger partial charge on any atom is -0.483 e. The number of ether oxygens (including phenoxy) is 3. The van der Waals surface area contributed by atoms with Crippen LogP contribution >= 0.6 is 0 Å². The number of halogens is 1. The molecule has 12 heteroatoms. The number of pyridine rings is 1. The standard InChI is InChI=1S/C35H47FN4O7/c1-9-13-25(38-32(44)47-33(5,6)7)30(42)40-20-35(19-26(40)29(41)39-34(8,17-10-2)31(43)45-11-3)18-16-23-22-14-12-15-24(36)27(22)37-21(4)28(23)46-35/h10,12,14-15,25-26H,2,9,11,13,16-20H2,1,3-8H3,(H,38,44)(H,39,41)/t25-,26-,34+,35+/m0/s1. The molecule has 1 saturated heterocycles. The number of alkyl carbamates (subject to hydrolysis) is 1. The zero-order valence-corrected chi connectivity index (χ0v) is 28.5. The number of para-hydroxylation sites is 1. The summed E-state index contributed by atoms with van der Waals surface area (Å²) in [5.74, 6) is -1.58. The first-order valence-corrected chi connectivity index (χ1v) is 16.2. The SMILES string of the molecule is C=CC[C@@](C)(NC(=O)[C@@H]1C[C@]2(CCc3c(c(C)nc4c(F)cccc34)O2)CN1C(=O)[C@H](CCC)NC(=O)OC(C)(C)C)C(=O)OCC. The fourth-order valence-corrected chi connectivity index (χ4v) is 6.42. The quantitative estimate of drug-likeness (QED) is 0.268. The monoisotopic (exact) mass is 654 g/mol. The Hall–Kier alpha value is -4.22. The number of rotatable bonds is 10. The van der Waals surface area contributed by atoms with Gasteiger partial charge in [0.25, 0.3) is 0 Å². The predicted octanol–water partition coefficient (Wildman–Crippen LogP) is 5.05. The molecular formula is C35H47FN4O7. The highest BCUT2D eigenvalue weighted by molar-refractivity contribution is 5.95. The summed E-state index contributed by atoms with van der Waals surface area (Å²) in [5.41, 5.74) is -1.62. The van der Waals surface area contributed by atoms with Crippen LogP contribution in [0.25, 0.3) is 10.9 Å². The van der Waals surface area contributed by atoms with Gasteiger partial charge in [0.1, 0.15) is 45.9 Å². The first kappa shape index (κ1) is 35.6. The first-order chi connectivity index (χ1) is 22.1. The molecule has 2 aromatic rings. The van der Waals surface area contributed by atoms with Crippen LogP contribution in [0, 0.1) is 12.7 Å². The predicted molar refractivity (Wildman–Crippen MR) is 174 cm³/mol. The van der Waals surface area contributed by atoms with Gasteiger partial charge in [0, 0.05) is 17.4 Å². The van der Waals surface area contributed by atoms with Crippen molar-refractivity contribution in [3.05, 3.63) is 47.9 Å². The van der Waals surface area contributed by atoms with Crippen LogP contribution < -0.4 is 15.4 Å². The van der Waals surface area contributed by atoms with Crippen molar-refractivity contribution < 1.29 is 37.8 Å². The first-order valence-electron chi connectivity index (χ1n) is 16.2. The number of hydrogen-bond acceptors (Lipinski definition) is 8. The molecule has 2 aliphatic heterocycles. The van der Waals surface area contributed by atoms with Crippen LogP contribution in [0.3, 0.4) is 0 Å². The van der Waals surface area contributed by atoms with Gasteiger partial charge in [0.05, 0.1) is 18.8 Å². The number of esters is 1. The van der Waals surface area contributed by atoms with Crippen LogP contribution in [0.5, 0.6) is 5.75 Å². The number of benzene rings is 1. The topological polar surface area (TPSA) is 136 Å². The van der Waals surface area contributed by atoms with Gasteiger partial charge in [-0.3, -0.25) is 9.59 Å². The third-order valence-electron chi connectivity index (χ3n) is 8.57. The Kier molecular flexibility index (Phi) is 10.5. The molecule has 0 aliphatic carbocycles. The number of amides is 3. The second kappa shape index (κ2) is 13.9. The molecule has 4 atom stereocenters. The molecule has 1 fully saturated rings. The van der Waals surface area contributed by atoms with Crippen molar-refractivity contribution in [2.24, 2.45) is 0 Å². The molecule has 47 heavy (non-hydrogen) atoms. The van der Waals surface area contributed by atoms with E-state index in [0.717, 1.165) is 5.56 Å².